The lowest BCUT2D eigenvalue weighted by molar-refractivity contribution is -0.244. The Morgan fingerprint density at radius 2 is 1.81 bits per heavy atom. The number of halogens is 3. The van der Waals surface area contributed by atoms with Gasteiger partial charge in [-0.3, -0.25) is 19.1 Å². The third-order valence-corrected chi connectivity index (χ3v) is 14.0. The molecule has 2 aromatic rings. The van der Waals surface area contributed by atoms with Crippen LogP contribution >= 0.6 is 0 Å². The number of allylic oxidation sites excluding steroid dienone is 1. The number of carbonyl (C=O) groups is 4. The molecule has 4 aliphatic rings. The Kier molecular flexibility index (Phi) is 11.8. The number of amides is 4. The molecule has 1 saturated heterocycles. The van der Waals surface area contributed by atoms with Gasteiger partial charge in [-0.05, 0) is 89.5 Å². The minimum atomic E-state index is -4.91. The highest BCUT2D eigenvalue weighted by atomic mass is 32.2. The number of benzene rings is 1. The predicted octanol–water partition coefficient (Wildman–Crippen LogP) is 5.30. The normalized spacial score (nSPS) is 29.4. The molecular weight excluding hydrogens is 784 g/mol. The van der Waals surface area contributed by atoms with Crippen LogP contribution in [0.2, 0.25) is 0 Å². The van der Waals surface area contributed by atoms with Gasteiger partial charge in [-0.2, -0.15) is 18.2 Å². The van der Waals surface area contributed by atoms with E-state index in [1.807, 2.05) is 25.1 Å². The van der Waals surface area contributed by atoms with Crippen molar-refractivity contribution < 1.29 is 55.0 Å². The van der Waals surface area contributed by atoms with E-state index >= 15 is 0 Å². The summed E-state index contributed by atoms with van der Waals surface area (Å²) >= 11 is 0. The van der Waals surface area contributed by atoms with E-state index in [2.05, 4.69) is 20.3 Å². The third-order valence-electron chi connectivity index (χ3n) is 11.8. The number of rotatable bonds is 9. The maximum absolute atomic E-state index is 14.8. The fourth-order valence-corrected chi connectivity index (χ4v) is 8.97. The topological polar surface area (TPSA) is 182 Å². The van der Waals surface area contributed by atoms with Gasteiger partial charge in [0.15, 0.2) is 0 Å². The molecule has 2 aliphatic heterocycles. The summed E-state index contributed by atoms with van der Waals surface area (Å²) in [6, 6.07) is 6.23. The molecule has 3 heterocycles. The molecule has 0 spiro atoms. The number of alkyl carbamates (subject to hydrolysis) is 1. The third kappa shape index (κ3) is 8.86. The van der Waals surface area contributed by atoms with Gasteiger partial charge in [0.25, 0.3) is 5.91 Å². The molecule has 2 saturated carbocycles. The molecule has 0 bridgehead atoms. The lowest BCUT2D eigenvalue weighted by Gasteiger charge is -2.34. The molecule has 1 aromatic heterocycles. The number of hydrogen-bond donors (Lipinski definition) is 3. The smallest absolute Gasteiger partial charge is 0.427 e. The van der Waals surface area contributed by atoms with Crippen molar-refractivity contribution in [3.8, 4) is 11.8 Å². The first-order valence-corrected chi connectivity index (χ1v) is 21.2. The summed E-state index contributed by atoms with van der Waals surface area (Å²) in [5.41, 5.74) is -4.53. The van der Waals surface area contributed by atoms with Crippen molar-refractivity contribution in [1.82, 2.24) is 25.2 Å². The minimum Gasteiger partial charge on any atom is -0.478 e. The average Bonchev–Trinajstić information content (AvgIpc) is 4.01. The van der Waals surface area contributed by atoms with E-state index in [1.54, 1.807) is 38.1 Å². The van der Waals surface area contributed by atoms with E-state index in [0.717, 1.165) is 5.39 Å². The molecule has 14 nitrogen and oxygen atoms in total. The molecule has 6 rings (SSSR count). The first-order valence-electron chi connectivity index (χ1n) is 19.7. The van der Waals surface area contributed by atoms with Gasteiger partial charge in [-0.1, -0.05) is 44.2 Å². The number of aromatic nitrogens is 1. The molecule has 7 atom stereocenters. The second kappa shape index (κ2) is 15.9. The van der Waals surface area contributed by atoms with Gasteiger partial charge in [-0.15, -0.1) is 0 Å². The van der Waals surface area contributed by atoms with Crippen LogP contribution in [0.4, 0.5) is 18.0 Å². The Morgan fingerprint density at radius 3 is 2.48 bits per heavy atom. The molecule has 2 aliphatic carbocycles. The molecule has 4 amide bonds. The molecule has 58 heavy (non-hydrogen) atoms. The maximum atomic E-state index is 14.8. The van der Waals surface area contributed by atoms with Crippen LogP contribution in [0.25, 0.3) is 10.8 Å². The second-order valence-electron chi connectivity index (χ2n) is 16.9. The number of nitrogens with zero attached hydrogens (tertiary/aromatic N) is 2. The molecular formula is C40H52F3N5O9S. The fourth-order valence-electron chi connectivity index (χ4n) is 7.66. The molecule has 1 aromatic carbocycles. The molecule has 0 radical (unpaired) electrons. The predicted molar refractivity (Wildman–Crippen MR) is 206 cm³/mol. The van der Waals surface area contributed by atoms with Crippen molar-refractivity contribution in [2.24, 2.45) is 17.8 Å². The summed E-state index contributed by atoms with van der Waals surface area (Å²) in [5.74, 6) is -3.24. The minimum absolute atomic E-state index is 0.0385. The van der Waals surface area contributed by atoms with Gasteiger partial charge in [0.05, 0.1) is 17.9 Å². The Labute approximate surface area is 336 Å². The first-order chi connectivity index (χ1) is 27.1. The molecule has 3 fully saturated rings. The number of sulfonamides is 1. The van der Waals surface area contributed by atoms with Crippen molar-refractivity contribution in [2.45, 2.75) is 127 Å². The number of carbonyl (C=O) groups excluding carboxylic acids is 4. The number of nitrogens with one attached hydrogen (secondary N) is 3. The van der Waals surface area contributed by atoms with Gasteiger partial charge in [0.2, 0.25) is 39.2 Å². The zero-order chi connectivity index (χ0) is 42.4. The van der Waals surface area contributed by atoms with Crippen LogP contribution in [0.3, 0.4) is 0 Å². The monoisotopic (exact) mass is 835 g/mol. The lowest BCUT2D eigenvalue weighted by atomic mass is 9.88. The molecule has 0 unspecified atom stereocenters. The summed E-state index contributed by atoms with van der Waals surface area (Å²) in [4.78, 5) is 62.1. The van der Waals surface area contributed by atoms with E-state index in [0.29, 0.717) is 57.9 Å². The zero-order valence-corrected chi connectivity index (χ0v) is 34.3. The second-order valence-corrected chi connectivity index (χ2v) is 19.1. The van der Waals surface area contributed by atoms with E-state index in [1.165, 1.54) is 11.8 Å². The summed E-state index contributed by atoms with van der Waals surface area (Å²) in [5, 5.41) is 6.56. The van der Waals surface area contributed by atoms with Gasteiger partial charge in [0.1, 0.15) is 23.7 Å². The van der Waals surface area contributed by atoms with Crippen LogP contribution in [0.1, 0.15) is 86.5 Å². The highest BCUT2D eigenvalue weighted by molar-refractivity contribution is 7.91. The highest BCUT2D eigenvalue weighted by Gasteiger charge is 2.63. The molecule has 18 heteroatoms. The number of hydrogen-bond acceptors (Lipinski definition) is 10. The van der Waals surface area contributed by atoms with Gasteiger partial charge < -0.3 is 29.7 Å². The Hall–Kier alpha value is -4.61. The van der Waals surface area contributed by atoms with E-state index in [4.69, 9.17) is 14.2 Å². The number of fused-ring (bicyclic) bond motifs is 3. The van der Waals surface area contributed by atoms with Gasteiger partial charge >= 0.3 is 12.3 Å². The molecule has 3 N–H and O–H groups in total. The summed E-state index contributed by atoms with van der Waals surface area (Å²) in [6.07, 6.45) is -1.36. The Balaban J connectivity index is 1.36. The first kappa shape index (κ1) is 43.0. The number of ether oxygens (including phenoxy) is 3. The van der Waals surface area contributed by atoms with Crippen LogP contribution in [0.5, 0.6) is 11.8 Å². The van der Waals surface area contributed by atoms with Crippen molar-refractivity contribution >= 4 is 44.6 Å². The number of alkyl halides is 3. The van der Waals surface area contributed by atoms with Crippen molar-refractivity contribution in [3.63, 3.8) is 0 Å². The zero-order valence-electron chi connectivity index (χ0n) is 33.5. The van der Waals surface area contributed by atoms with Crippen LogP contribution in [-0.4, -0.2) is 95.5 Å². The lowest BCUT2D eigenvalue weighted by Crippen LogP contribution is -2.59. The summed E-state index contributed by atoms with van der Waals surface area (Å²) in [6.45, 7) is 8.45. The van der Waals surface area contributed by atoms with Crippen LogP contribution in [0.15, 0.2) is 42.5 Å². The number of pyridine rings is 1. The van der Waals surface area contributed by atoms with Crippen LogP contribution in [0, 0.1) is 17.8 Å². The standard InChI is InChI=1S/C40H52F3N5O9S/c1-7-55-30-19-25-13-9-11-15-28(25)33(44-30)56-27-20-29-32(49)46-39(35(51)47-58(53,54)38(6)16-17-38)21-26(39)14-10-8-12-23(2)18-24(3)31(34(50)48(29)22-27)45-36(52)57-37(4,5)40(41,42)43/h9-11,13-15,19,23-24,26-27,29,31H,7-8,12,16-18,20-22H2,1-6H3,(H,45,52)(H,46,49)(H,47,51)/b14-10-/t23-,24+,26+,27+,29-,31-,39+/m0/s1. The van der Waals surface area contributed by atoms with E-state index in [-0.39, 0.29) is 37.1 Å². The van der Waals surface area contributed by atoms with Crippen molar-refractivity contribution in [3.05, 3.63) is 42.5 Å². The summed E-state index contributed by atoms with van der Waals surface area (Å²) < 4.78 is 85.6. The maximum Gasteiger partial charge on any atom is 0.427 e. The largest absolute Gasteiger partial charge is 0.478 e. The average molecular weight is 836 g/mol. The van der Waals surface area contributed by atoms with Crippen molar-refractivity contribution in [2.75, 3.05) is 13.2 Å². The van der Waals surface area contributed by atoms with E-state index in [9.17, 15) is 40.8 Å². The Morgan fingerprint density at radius 1 is 1.10 bits per heavy atom. The quantitative estimate of drug-likeness (QED) is 0.281. The van der Waals surface area contributed by atoms with Gasteiger partial charge in [-0.25, -0.2) is 13.2 Å². The van der Waals surface area contributed by atoms with E-state index < -0.39 is 85.9 Å². The van der Waals surface area contributed by atoms with Crippen LogP contribution in [-0.2, 0) is 29.1 Å². The molecule has 318 valence electrons. The van der Waals surface area contributed by atoms with Gasteiger partial charge in [0, 0.05) is 23.8 Å². The fraction of sp³-hybridized carbons (Fsp3) is 0.625. The van der Waals surface area contributed by atoms with Crippen molar-refractivity contribution in [1.29, 1.82) is 0 Å². The van der Waals surface area contributed by atoms with Crippen LogP contribution < -0.4 is 24.8 Å². The SMILES string of the molecule is CCOc1cc2ccccc2c(O[C@@H]2C[C@H]3C(=O)N[C@]4(C(=O)NS(=O)(=O)C5(C)CC5)C[C@H]4/C=C\CC[C@H](C)C[C@@H](C)[C@H](NC(=O)OC(C)(C)C(F)(F)F)C(=O)N3C2)n1. The highest BCUT2D eigenvalue weighted by Crippen LogP contribution is 2.48. The summed E-state index contributed by atoms with van der Waals surface area (Å²) in [7, 11) is -4.08. The Bertz CT molecular complexity index is 2070.